The summed E-state index contributed by atoms with van der Waals surface area (Å²) in [6.07, 6.45) is 3.31. The molecule has 3 heteroatoms. The Labute approximate surface area is 91.6 Å². The summed E-state index contributed by atoms with van der Waals surface area (Å²) in [7, 11) is 3.75. The second-order valence-corrected chi connectivity index (χ2v) is 2.87. The molecule has 0 aliphatic rings. The van der Waals surface area contributed by atoms with Gasteiger partial charge >= 0.3 is 0 Å². The summed E-state index contributed by atoms with van der Waals surface area (Å²) in [5.41, 5.74) is 10.5. The summed E-state index contributed by atoms with van der Waals surface area (Å²) >= 11 is 0. The zero-order valence-electron chi connectivity index (χ0n) is 10.1. The third-order valence-corrected chi connectivity index (χ3v) is 1.34. The first kappa shape index (κ1) is 23.6. The first-order valence-corrected chi connectivity index (χ1v) is 5.18. The molecule has 0 aliphatic carbocycles. The lowest BCUT2D eigenvalue weighted by molar-refractivity contribution is 0.629. The standard InChI is InChI=1S/C5H13N.C3H9N.C2H7N.CH4/c1-3-5(6)4-2;1-2-3-4;1-3-2;/h5H,3-4,6H2,1-2H3;2-4H2,1H3;3H,1-2H3;1H4. The fraction of sp³-hybridized carbons (Fsp3) is 1.00. The van der Waals surface area contributed by atoms with E-state index in [0.717, 1.165) is 25.8 Å². The zero-order valence-corrected chi connectivity index (χ0v) is 10.1. The molecule has 0 aliphatic heterocycles. The average Bonchev–Trinajstić information content (AvgIpc) is 2.18. The Kier molecular flexibility index (Phi) is 49.3. The smallest absolute Gasteiger partial charge is 0.00335 e. The summed E-state index contributed by atoms with van der Waals surface area (Å²) < 4.78 is 0. The summed E-state index contributed by atoms with van der Waals surface area (Å²) in [5.74, 6) is 0. The first-order chi connectivity index (χ1) is 6.14. The van der Waals surface area contributed by atoms with Crippen molar-refractivity contribution in [3.8, 4) is 0 Å². The van der Waals surface area contributed by atoms with Gasteiger partial charge in [0.1, 0.15) is 0 Å². The van der Waals surface area contributed by atoms with Gasteiger partial charge < -0.3 is 16.8 Å². The van der Waals surface area contributed by atoms with E-state index in [1.807, 2.05) is 14.1 Å². The second kappa shape index (κ2) is 29.3. The Morgan fingerprint density at radius 2 is 1.29 bits per heavy atom. The molecule has 0 amide bonds. The average molecular weight is 207 g/mol. The third kappa shape index (κ3) is 59.1. The van der Waals surface area contributed by atoms with Gasteiger partial charge in [0.2, 0.25) is 0 Å². The van der Waals surface area contributed by atoms with Crippen LogP contribution in [0.3, 0.4) is 0 Å². The number of hydrogen-bond donors (Lipinski definition) is 3. The first-order valence-electron chi connectivity index (χ1n) is 5.18. The maximum absolute atomic E-state index is 5.47. The Hall–Kier alpha value is -0.120. The van der Waals surface area contributed by atoms with Crippen LogP contribution in [-0.2, 0) is 0 Å². The molecule has 0 rings (SSSR count). The van der Waals surface area contributed by atoms with E-state index in [4.69, 9.17) is 11.5 Å². The third-order valence-electron chi connectivity index (χ3n) is 1.34. The fourth-order valence-electron chi connectivity index (χ4n) is 0.289. The molecule has 0 aromatic heterocycles. The van der Waals surface area contributed by atoms with Crippen molar-refractivity contribution in [2.75, 3.05) is 20.6 Å². The monoisotopic (exact) mass is 207 g/mol. The molecule has 0 saturated heterocycles. The van der Waals surface area contributed by atoms with E-state index in [9.17, 15) is 0 Å². The molecular weight excluding hydrogens is 174 g/mol. The van der Waals surface area contributed by atoms with E-state index in [1.54, 1.807) is 0 Å². The van der Waals surface area contributed by atoms with Crippen LogP contribution in [-0.4, -0.2) is 26.7 Å². The number of rotatable bonds is 3. The minimum absolute atomic E-state index is 0. The van der Waals surface area contributed by atoms with E-state index in [2.05, 4.69) is 26.1 Å². The van der Waals surface area contributed by atoms with E-state index in [1.165, 1.54) is 0 Å². The van der Waals surface area contributed by atoms with Crippen LogP contribution in [0.5, 0.6) is 0 Å². The maximum Gasteiger partial charge on any atom is 0.00335 e. The molecule has 92 valence electrons. The topological polar surface area (TPSA) is 64.1 Å². The highest BCUT2D eigenvalue weighted by Crippen LogP contribution is 1.88. The molecule has 5 N–H and O–H groups in total. The van der Waals surface area contributed by atoms with Gasteiger partial charge in [-0.05, 0) is 39.9 Å². The lowest BCUT2D eigenvalue weighted by Gasteiger charge is -1.99. The molecule has 0 aromatic carbocycles. The van der Waals surface area contributed by atoms with Crippen LogP contribution >= 0.6 is 0 Å². The predicted molar refractivity (Wildman–Crippen MR) is 69.6 cm³/mol. The lowest BCUT2D eigenvalue weighted by Crippen LogP contribution is -2.16. The lowest BCUT2D eigenvalue weighted by atomic mass is 10.2. The highest BCUT2D eigenvalue weighted by Gasteiger charge is 1.88. The van der Waals surface area contributed by atoms with E-state index < -0.39 is 0 Å². The molecule has 0 spiro atoms. The minimum Gasteiger partial charge on any atom is -0.330 e. The molecule has 0 saturated carbocycles. The van der Waals surface area contributed by atoms with Crippen LogP contribution in [0.2, 0.25) is 0 Å². The SMILES string of the molecule is C.CCC(N)CC.CCCN.CNC. The second-order valence-electron chi connectivity index (χ2n) is 2.87. The number of nitrogens with two attached hydrogens (primary N) is 2. The number of hydrogen-bond acceptors (Lipinski definition) is 3. The maximum atomic E-state index is 5.47. The van der Waals surface area contributed by atoms with Crippen LogP contribution in [0.25, 0.3) is 0 Å². The fourth-order valence-corrected chi connectivity index (χ4v) is 0.289. The van der Waals surface area contributed by atoms with Gasteiger partial charge in [-0.1, -0.05) is 28.2 Å². The highest BCUT2D eigenvalue weighted by atomic mass is 14.7. The largest absolute Gasteiger partial charge is 0.330 e. The van der Waals surface area contributed by atoms with Crippen LogP contribution in [0.15, 0.2) is 0 Å². The van der Waals surface area contributed by atoms with Gasteiger partial charge in [0, 0.05) is 6.04 Å². The van der Waals surface area contributed by atoms with Gasteiger partial charge in [-0.25, -0.2) is 0 Å². The Morgan fingerprint density at radius 1 is 1.07 bits per heavy atom. The van der Waals surface area contributed by atoms with Crippen molar-refractivity contribution in [1.29, 1.82) is 0 Å². The van der Waals surface area contributed by atoms with Gasteiger partial charge in [0.05, 0.1) is 0 Å². The Morgan fingerprint density at radius 3 is 1.29 bits per heavy atom. The molecule has 0 bridgehead atoms. The van der Waals surface area contributed by atoms with E-state index in [-0.39, 0.29) is 7.43 Å². The summed E-state index contributed by atoms with van der Waals surface area (Å²) in [6.45, 7) is 7.09. The molecule has 0 fully saturated rings. The molecule has 14 heavy (non-hydrogen) atoms. The van der Waals surface area contributed by atoms with Crippen molar-refractivity contribution in [3.05, 3.63) is 0 Å². The van der Waals surface area contributed by atoms with Gasteiger partial charge in [0.25, 0.3) is 0 Å². The molecular formula is C11H33N3. The predicted octanol–water partition coefficient (Wildman–Crippen LogP) is 1.96. The van der Waals surface area contributed by atoms with Crippen LogP contribution in [0.1, 0.15) is 47.5 Å². The van der Waals surface area contributed by atoms with Gasteiger partial charge in [0.15, 0.2) is 0 Å². The Bertz CT molecular complexity index is 52.5. The molecule has 3 nitrogen and oxygen atoms in total. The zero-order chi connectivity index (χ0) is 11.1. The van der Waals surface area contributed by atoms with Crippen molar-refractivity contribution in [1.82, 2.24) is 5.32 Å². The van der Waals surface area contributed by atoms with E-state index in [0.29, 0.717) is 6.04 Å². The minimum atomic E-state index is 0. The van der Waals surface area contributed by atoms with Crippen molar-refractivity contribution < 1.29 is 0 Å². The Balaban J connectivity index is -0.0000000553. The highest BCUT2D eigenvalue weighted by molar-refractivity contribution is 4.51. The van der Waals surface area contributed by atoms with Crippen LogP contribution in [0, 0.1) is 0 Å². The van der Waals surface area contributed by atoms with Crippen molar-refractivity contribution in [3.63, 3.8) is 0 Å². The van der Waals surface area contributed by atoms with Gasteiger partial charge in [-0.2, -0.15) is 0 Å². The molecule has 0 heterocycles. The van der Waals surface area contributed by atoms with E-state index >= 15 is 0 Å². The summed E-state index contributed by atoms with van der Waals surface area (Å²) in [6, 6.07) is 0.435. The molecule has 0 aromatic rings. The number of nitrogens with one attached hydrogen (secondary N) is 1. The summed E-state index contributed by atoms with van der Waals surface area (Å²) in [5, 5.41) is 2.75. The van der Waals surface area contributed by atoms with Crippen LogP contribution in [0.4, 0.5) is 0 Å². The van der Waals surface area contributed by atoms with Gasteiger partial charge in [-0.3, -0.25) is 0 Å². The van der Waals surface area contributed by atoms with Gasteiger partial charge in [-0.15, -0.1) is 0 Å². The van der Waals surface area contributed by atoms with Crippen molar-refractivity contribution in [2.24, 2.45) is 11.5 Å². The molecule has 0 radical (unpaired) electrons. The quantitative estimate of drug-likeness (QED) is 0.663. The normalized spacial score (nSPS) is 7.71. The molecule has 0 atom stereocenters. The van der Waals surface area contributed by atoms with Crippen molar-refractivity contribution in [2.45, 2.75) is 53.5 Å². The molecule has 0 unspecified atom stereocenters. The summed E-state index contributed by atoms with van der Waals surface area (Å²) in [4.78, 5) is 0. The van der Waals surface area contributed by atoms with Crippen molar-refractivity contribution >= 4 is 0 Å². The van der Waals surface area contributed by atoms with Crippen LogP contribution < -0.4 is 16.8 Å².